The normalized spacial score (nSPS) is 11.6. The van der Waals surface area contributed by atoms with Crippen LogP contribution >= 0.6 is 11.3 Å². The fourth-order valence-electron chi connectivity index (χ4n) is 3.82. The number of nitrogens with zero attached hydrogens (tertiary/aromatic N) is 2. The third-order valence-corrected chi connectivity index (χ3v) is 6.58. The zero-order valence-corrected chi connectivity index (χ0v) is 19.1. The molecule has 0 unspecified atom stereocenters. The molecule has 0 spiro atoms. The lowest BCUT2D eigenvalue weighted by molar-refractivity contribution is -0.136. The first kappa shape index (κ1) is 22.9. The van der Waals surface area contributed by atoms with Gasteiger partial charge in [0.25, 0.3) is 5.91 Å². The van der Waals surface area contributed by atoms with Crippen molar-refractivity contribution < 1.29 is 22.4 Å². The van der Waals surface area contributed by atoms with Crippen LogP contribution in [0.5, 0.6) is 0 Å². The maximum Gasteiger partial charge on any atom is 0.418 e. The Labute approximate surface area is 203 Å². The second kappa shape index (κ2) is 9.38. The summed E-state index contributed by atoms with van der Waals surface area (Å²) < 4.78 is 46.3. The van der Waals surface area contributed by atoms with E-state index in [4.69, 9.17) is 4.42 Å². The molecule has 5 aromatic rings. The molecule has 0 aliphatic rings. The van der Waals surface area contributed by atoms with E-state index in [0.29, 0.717) is 16.0 Å². The number of anilines is 1. The Morgan fingerprint density at radius 1 is 0.886 bits per heavy atom. The van der Waals surface area contributed by atoms with Gasteiger partial charge in [0.05, 0.1) is 28.6 Å². The number of hydrogen-bond donors (Lipinski definition) is 0. The molecule has 4 nitrogen and oxygen atoms in total. The van der Waals surface area contributed by atoms with Crippen LogP contribution in [0.2, 0.25) is 0 Å². The highest BCUT2D eigenvalue weighted by Crippen LogP contribution is 2.39. The fraction of sp³-hybridized carbons (Fsp3) is 0.111. The van der Waals surface area contributed by atoms with Gasteiger partial charge in [0.2, 0.25) is 0 Å². The van der Waals surface area contributed by atoms with Crippen LogP contribution in [0.15, 0.2) is 95.6 Å². The number of amides is 1. The summed E-state index contributed by atoms with van der Waals surface area (Å²) in [7, 11) is 0. The highest BCUT2D eigenvalue weighted by molar-refractivity contribution is 7.22. The Kier molecular flexibility index (Phi) is 6.13. The molecule has 0 saturated heterocycles. The Morgan fingerprint density at radius 2 is 1.63 bits per heavy atom. The zero-order chi connectivity index (χ0) is 24.4. The van der Waals surface area contributed by atoms with Crippen LogP contribution in [0, 0.1) is 0 Å². The van der Waals surface area contributed by atoms with E-state index in [0.717, 1.165) is 35.0 Å². The fourth-order valence-corrected chi connectivity index (χ4v) is 4.81. The molecule has 0 atom stereocenters. The minimum Gasteiger partial charge on any atom is -0.467 e. The first-order valence-corrected chi connectivity index (χ1v) is 11.6. The summed E-state index contributed by atoms with van der Waals surface area (Å²) in [4.78, 5) is 19.1. The Balaban J connectivity index is 1.48. The smallest absolute Gasteiger partial charge is 0.418 e. The third-order valence-electron chi connectivity index (χ3n) is 5.54. The lowest BCUT2D eigenvalue weighted by Crippen LogP contribution is -2.30. The number of para-hydroxylation sites is 1. The minimum atomic E-state index is -4.55. The summed E-state index contributed by atoms with van der Waals surface area (Å²) in [6.07, 6.45) is -2.34. The molecule has 0 radical (unpaired) electrons. The van der Waals surface area contributed by atoms with Crippen molar-refractivity contribution in [3.05, 3.63) is 119 Å². The molecule has 0 aliphatic heterocycles. The molecule has 0 aliphatic carbocycles. The second-order valence-electron chi connectivity index (χ2n) is 7.98. The van der Waals surface area contributed by atoms with Crippen LogP contribution in [0.3, 0.4) is 0 Å². The molecule has 1 amide bonds. The van der Waals surface area contributed by atoms with E-state index in [1.54, 1.807) is 30.3 Å². The first-order valence-electron chi connectivity index (χ1n) is 10.8. The number of furan rings is 1. The van der Waals surface area contributed by atoms with Crippen molar-refractivity contribution in [3.63, 3.8) is 0 Å². The number of thiazole rings is 1. The lowest BCUT2D eigenvalue weighted by Gasteiger charge is -2.19. The van der Waals surface area contributed by atoms with Gasteiger partial charge in [-0.2, -0.15) is 13.2 Å². The summed E-state index contributed by atoms with van der Waals surface area (Å²) >= 11 is 1.04. The number of benzene rings is 3. The minimum absolute atomic E-state index is 0.0404. The highest BCUT2D eigenvalue weighted by Gasteiger charge is 2.34. The molecule has 0 saturated carbocycles. The van der Waals surface area contributed by atoms with E-state index in [-0.39, 0.29) is 23.1 Å². The average molecular weight is 493 g/mol. The van der Waals surface area contributed by atoms with Gasteiger partial charge < -0.3 is 4.42 Å². The average Bonchev–Trinajstić information content (AvgIpc) is 3.52. The molecule has 35 heavy (non-hydrogen) atoms. The van der Waals surface area contributed by atoms with Gasteiger partial charge in [-0.3, -0.25) is 9.69 Å². The summed E-state index contributed by atoms with van der Waals surface area (Å²) in [5.74, 6) is 0.120. The zero-order valence-electron chi connectivity index (χ0n) is 18.3. The predicted octanol–water partition coefficient (Wildman–Crippen LogP) is 7.35. The van der Waals surface area contributed by atoms with Crippen molar-refractivity contribution in [2.75, 3.05) is 4.90 Å². The third kappa shape index (κ3) is 4.97. The standard InChI is InChI=1S/C27H19F3N2O2S/c28-27(29,30)22-9-4-10-23-24(22)31-26(35-23)32(17-21-8-5-15-34-21)25(33)20-13-11-19(12-14-20)16-18-6-2-1-3-7-18/h1-15H,16-17H2. The van der Waals surface area contributed by atoms with Crippen molar-refractivity contribution in [2.45, 2.75) is 19.1 Å². The van der Waals surface area contributed by atoms with Gasteiger partial charge in [-0.25, -0.2) is 4.98 Å². The van der Waals surface area contributed by atoms with Gasteiger partial charge in [-0.05, 0) is 53.9 Å². The summed E-state index contributed by atoms with van der Waals surface area (Å²) in [5.41, 5.74) is 1.60. The van der Waals surface area contributed by atoms with E-state index in [1.807, 2.05) is 42.5 Å². The largest absolute Gasteiger partial charge is 0.467 e. The van der Waals surface area contributed by atoms with Crippen LogP contribution < -0.4 is 4.90 Å². The van der Waals surface area contributed by atoms with Crippen molar-refractivity contribution in [2.24, 2.45) is 0 Å². The van der Waals surface area contributed by atoms with Crippen molar-refractivity contribution in [1.29, 1.82) is 0 Å². The number of carbonyl (C=O) groups is 1. The molecule has 2 aromatic heterocycles. The van der Waals surface area contributed by atoms with Gasteiger partial charge in [0.1, 0.15) is 5.76 Å². The van der Waals surface area contributed by atoms with Crippen LogP contribution in [0.25, 0.3) is 10.2 Å². The van der Waals surface area contributed by atoms with Crippen LogP contribution in [0.1, 0.15) is 32.8 Å². The van der Waals surface area contributed by atoms with Gasteiger partial charge >= 0.3 is 6.18 Å². The van der Waals surface area contributed by atoms with Crippen molar-refractivity contribution in [1.82, 2.24) is 4.98 Å². The molecule has 2 heterocycles. The predicted molar refractivity (Wildman–Crippen MR) is 130 cm³/mol. The number of halogens is 3. The first-order chi connectivity index (χ1) is 16.9. The number of alkyl halides is 3. The summed E-state index contributed by atoms with van der Waals surface area (Å²) in [6.45, 7) is 0.0404. The summed E-state index contributed by atoms with van der Waals surface area (Å²) in [5, 5.41) is 0.173. The van der Waals surface area contributed by atoms with E-state index in [2.05, 4.69) is 4.98 Å². The number of fused-ring (bicyclic) bond motifs is 1. The molecular formula is C27H19F3N2O2S. The molecule has 176 valence electrons. The summed E-state index contributed by atoms with van der Waals surface area (Å²) in [6, 6.07) is 24.5. The van der Waals surface area contributed by atoms with E-state index >= 15 is 0 Å². The topological polar surface area (TPSA) is 46.3 Å². The molecule has 0 fully saturated rings. The Bertz CT molecular complexity index is 1440. The molecule has 0 bridgehead atoms. The number of hydrogen-bond acceptors (Lipinski definition) is 4. The number of carbonyl (C=O) groups excluding carboxylic acids is 1. The monoisotopic (exact) mass is 492 g/mol. The van der Waals surface area contributed by atoms with Gasteiger partial charge in [-0.15, -0.1) is 0 Å². The highest BCUT2D eigenvalue weighted by atomic mass is 32.1. The molecule has 0 N–H and O–H groups in total. The lowest BCUT2D eigenvalue weighted by atomic mass is 10.0. The van der Waals surface area contributed by atoms with E-state index < -0.39 is 11.7 Å². The Hall–Kier alpha value is -3.91. The maximum absolute atomic E-state index is 13.5. The van der Waals surface area contributed by atoms with Gasteiger partial charge in [-0.1, -0.05) is 59.9 Å². The SMILES string of the molecule is O=C(c1ccc(Cc2ccccc2)cc1)N(Cc1ccco1)c1nc2c(C(F)(F)F)cccc2s1. The van der Waals surface area contributed by atoms with E-state index in [9.17, 15) is 18.0 Å². The molecule has 8 heteroatoms. The maximum atomic E-state index is 13.5. The van der Waals surface area contributed by atoms with Crippen molar-refractivity contribution >= 4 is 32.6 Å². The van der Waals surface area contributed by atoms with Crippen LogP contribution in [-0.2, 0) is 19.1 Å². The number of aromatic nitrogens is 1. The number of rotatable bonds is 6. The second-order valence-corrected chi connectivity index (χ2v) is 8.99. The van der Waals surface area contributed by atoms with E-state index in [1.165, 1.54) is 17.2 Å². The quantitative estimate of drug-likeness (QED) is 0.249. The van der Waals surface area contributed by atoms with Crippen molar-refractivity contribution in [3.8, 4) is 0 Å². The van der Waals surface area contributed by atoms with Gasteiger partial charge in [0.15, 0.2) is 5.13 Å². The van der Waals surface area contributed by atoms with Crippen LogP contribution in [-0.4, -0.2) is 10.9 Å². The molecular weight excluding hydrogens is 473 g/mol. The molecule has 5 rings (SSSR count). The Morgan fingerprint density at radius 3 is 2.31 bits per heavy atom. The van der Waals surface area contributed by atoms with Gasteiger partial charge in [0, 0.05) is 5.56 Å². The molecule has 3 aromatic carbocycles. The van der Waals surface area contributed by atoms with Crippen LogP contribution in [0.4, 0.5) is 18.3 Å².